The number of nitrogens with zero attached hydrogens (tertiary/aromatic N) is 3. The number of aromatic amines is 1. The minimum Gasteiger partial charge on any atom is -0.496 e. The van der Waals surface area contributed by atoms with Crippen LogP contribution < -0.4 is 15.0 Å². The lowest BCUT2D eigenvalue weighted by atomic mass is 9.47. The Morgan fingerprint density at radius 2 is 1.62 bits per heavy atom. The number of carboxylic acid groups (broad SMARTS) is 1. The Morgan fingerprint density at radius 1 is 0.899 bits per heavy atom. The number of amides is 1. The third-order valence-electron chi connectivity index (χ3n) is 18.1. The van der Waals surface area contributed by atoms with Gasteiger partial charge in [-0.05, 0) is 87.1 Å². The van der Waals surface area contributed by atoms with Crippen LogP contribution >= 0.6 is 0 Å². The van der Waals surface area contributed by atoms with Gasteiger partial charge in [-0.15, -0.1) is 0 Å². The van der Waals surface area contributed by atoms with E-state index in [0.717, 1.165) is 91.2 Å². The number of carbonyl (C=O) groups is 3. The minimum atomic E-state index is -2.23. The van der Waals surface area contributed by atoms with E-state index in [0.29, 0.717) is 89.1 Å². The fourth-order valence-corrected chi connectivity index (χ4v) is 15.0. The fourth-order valence-electron chi connectivity index (χ4n) is 15.0. The molecule has 6 heterocycles. The lowest BCUT2D eigenvalue weighted by molar-refractivity contribution is -0.203. The molecule has 1 amide bonds. The molecule has 3 aromatic rings. The molecule has 2 saturated heterocycles. The minimum absolute atomic E-state index is 0.0922. The third-order valence-corrected chi connectivity index (χ3v) is 18.1. The van der Waals surface area contributed by atoms with Gasteiger partial charge in [0.25, 0.3) is 5.91 Å². The Kier molecular flexibility index (Phi) is 13.8. The molecule has 69 heavy (non-hydrogen) atoms. The number of nitrogens with one attached hydrogen (secondary N) is 2. The summed E-state index contributed by atoms with van der Waals surface area (Å²) < 4.78 is 12.4. The zero-order valence-electron chi connectivity index (χ0n) is 41.7. The van der Waals surface area contributed by atoms with Gasteiger partial charge in [0.2, 0.25) is 0 Å². The van der Waals surface area contributed by atoms with Crippen molar-refractivity contribution in [3.8, 4) is 5.75 Å². The molecule has 14 heteroatoms. The number of ether oxygens (including phenoxy) is 2. The normalized spacial score (nSPS) is 33.4. The summed E-state index contributed by atoms with van der Waals surface area (Å²) in [5.74, 6) is -1.35. The number of likely N-dealkylation sites (N-methyl/N-ethyl adjacent to an activating group) is 1. The maximum absolute atomic E-state index is 15.5. The molecule has 10 atom stereocenters. The molecule has 14 nitrogen and oxygen atoms in total. The number of unbranched alkanes of at least 4 members (excludes halogenated alkanes) is 8. The van der Waals surface area contributed by atoms with Crippen LogP contribution in [0, 0.1) is 11.3 Å². The molecular weight excluding hydrogens is 875 g/mol. The van der Waals surface area contributed by atoms with E-state index in [1.165, 1.54) is 7.11 Å². The Balaban J connectivity index is 1.12. The number of hydrogen-bond acceptors (Lipinski definition) is 11. The number of aliphatic hydroxyl groups is 3. The zero-order chi connectivity index (χ0) is 48.9. The number of H-pyrrole nitrogens is 1. The van der Waals surface area contributed by atoms with Crippen LogP contribution in [0.5, 0.6) is 5.75 Å². The van der Waals surface area contributed by atoms with Crippen molar-refractivity contribution in [2.24, 2.45) is 11.3 Å². The third kappa shape index (κ3) is 7.90. The second-order valence-corrected chi connectivity index (χ2v) is 21.7. The van der Waals surface area contributed by atoms with Gasteiger partial charge in [-0.25, -0.2) is 0 Å². The van der Waals surface area contributed by atoms with Crippen molar-refractivity contribution in [1.82, 2.24) is 20.1 Å². The van der Waals surface area contributed by atoms with Gasteiger partial charge in [0.15, 0.2) is 5.60 Å². The molecule has 1 aliphatic carbocycles. The molecule has 1 aromatic heterocycles. The van der Waals surface area contributed by atoms with Crippen LogP contribution in [0.4, 0.5) is 5.69 Å². The Hall–Kier alpha value is -4.47. The van der Waals surface area contributed by atoms with E-state index < -0.39 is 57.4 Å². The average Bonchev–Trinajstić information content (AvgIpc) is 4.01. The molecule has 6 N–H and O–H groups in total. The number of benzene rings is 2. The second-order valence-electron chi connectivity index (χ2n) is 21.7. The molecule has 2 bridgehead atoms. The Morgan fingerprint density at radius 3 is 2.32 bits per heavy atom. The lowest BCUT2D eigenvalue weighted by Gasteiger charge is -2.63. The summed E-state index contributed by atoms with van der Waals surface area (Å²) in [5.41, 5.74) is -1.34. The summed E-state index contributed by atoms with van der Waals surface area (Å²) in [7, 11) is 5.00. The predicted molar refractivity (Wildman–Crippen MR) is 266 cm³/mol. The van der Waals surface area contributed by atoms with Gasteiger partial charge in [0.05, 0.1) is 25.9 Å². The van der Waals surface area contributed by atoms with Crippen LogP contribution in [0.3, 0.4) is 0 Å². The molecule has 3 fully saturated rings. The monoisotopic (exact) mass is 952 g/mol. The summed E-state index contributed by atoms with van der Waals surface area (Å²) in [6.07, 6.45) is 14.7. The van der Waals surface area contributed by atoms with Crippen LogP contribution in [0.15, 0.2) is 48.6 Å². The number of anilines is 1. The van der Waals surface area contributed by atoms with Gasteiger partial charge in [-0.2, -0.15) is 0 Å². The quantitative estimate of drug-likeness (QED) is 0.0472. The van der Waals surface area contributed by atoms with Crippen molar-refractivity contribution < 1.29 is 44.3 Å². The van der Waals surface area contributed by atoms with Gasteiger partial charge in [0, 0.05) is 97.0 Å². The van der Waals surface area contributed by atoms with Crippen molar-refractivity contribution in [2.75, 3.05) is 65.4 Å². The molecule has 5 aliphatic heterocycles. The largest absolute Gasteiger partial charge is 0.496 e. The Bertz CT molecular complexity index is 2440. The summed E-state index contributed by atoms with van der Waals surface area (Å²) in [6, 6.07) is 11.2. The maximum Gasteiger partial charge on any atom is 0.322 e. The molecule has 0 radical (unpaired) electrons. The lowest BCUT2D eigenvalue weighted by Crippen LogP contribution is -2.81. The summed E-state index contributed by atoms with van der Waals surface area (Å²) >= 11 is 0. The van der Waals surface area contributed by atoms with Gasteiger partial charge in [-0.3, -0.25) is 24.2 Å². The van der Waals surface area contributed by atoms with Crippen molar-refractivity contribution in [3.05, 3.63) is 70.9 Å². The molecule has 6 aliphatic rings. The highest BCUT2D eigenvalue weighted by molar-refractivity contribution is 5.95. The van der Waals surface area contributed by atoms with Crippen LogP contribution in [-0.2, 0) is 36.4 Å². The number of carbonyl (C=O) groups excluding carboxylic acids is 2. The van der Waals surface area contributed by atoms with E-state index in [4.69, 9.17) is 14.6 Å². The van der Waals surface area contributed by atoms with E-state index >= 15 is 9.59 Å². The maximum atomic E-state index is 15.5. The zero-order valence-corrected chi connectivity index (χ0v) is 41.7. The number of fused-ring (bicyclic) bond motifs is 6. The molecule has 9 rings (SSSR count). The molecule has 1 unspecified atom stereocenters. The van der Waals surface area contributed by atoms with Gasteiger partial charge >= 0.3 is 11.9 Å². The number of hydrogen-bond donors (Lipinski definition) is 6. The summed E-state index contributed by atoms with van der Waals surface area (Å²) in [6.45, 7) is 7.80. The number of piperidine rings is 1. The molecule has 376 valence electrons. The average molecular weight is 952 g/mol. The van der Waals surface area contributed by atoms with E-state index in [2.05, 4.69) is 50.5 Å². The van der Waals surface area contributed by atoms with Crippen LogP contribution in [0.1, 0.15) is 133 Å². The number of methoxy groups -OCH3 is 2. The van der Waals surface area contributed by atoms with Crippen LogP contribution in [-0.4, -0.2) is 143 Å². The first-order chi connectivity index (χ1) is 33.2. The van der Waals surface area contributed by atoms with Gasteiger partial charge < -0.3 is 45.1 Å². The highest BCUT2D eigenvalue weighted by Crippen LogP contribution is 2.67. The number of para-hydroxylation sites is 1. The molecule has 1 saturated carbocycles. The summed E-state index contributed by atoms with van der Waals surface area (Å²) in [5, 5.41) is 51.6. The number of aliphatic carboxylic acids is 1. The fraction of sp³-hybridized carbons (Fsp3) is 0.655. The number of esters is 1. The van der Waals surface area contributed by atoms with Crippen molar-refractivity contribution in [1.29, 1.82) is 0 Å². The number of carboxylic acids is 1. The summed E-state index contributed by atoms with van der Waals surface area (Å²) in [4.78, 5) is 51.9. The van der Waals surface area contributed by atoms with Crippen LogP contribution in [0.2, 0.25) is 0 Å². The first-order valence-corrected chi connectivity index (χ1v) is 26.1. The van der Waals surface area contributed by atoms with E-state index in [1.54, 1.807) is 7.11 Å². The van der Waals surface area contributed by atoms with Gasteiger partial charge in [-0.1, -0.05) is 89.1 Å². The first-order valence-electron chi connectivity index (χ1n) is 26.1. The van der Waals surface area contributed by atoms with Crippen molar-refractivity contribution in [3.63, 3.8) is 0 Å². The van der Waals surface area contributed by atoms with Crippen LogP contribution in [0.25, 0.3) is 10.9 Å². The van der Waals surface area contributed by atoms with Crippen molar-refractivity contribution in [2.45, 2.75) is 157 Å². The smallest absolute Gasteiger partial charge is 0.322 e. The molecule has 2 aromatic carbocycles. The van der Waals surface area contributed by atoms with Crippen molar-refractivity contribution >= 4 is 34.4 Å². The number of aliphatic hydroxyl groups excluding tert-OH is 1. The second kappa shape index (κ2) is 19.3. The number of rotatable bonds is 18. The predicted octanol–water partition coefficient (Wildman–Crippen LogP) is 6.35. The number of aromatic nitrogens is 1. The Labute approximate surface area is 407 Å². The topological polar surface area (TPSA) is 188 Å². The molecule has 1 spiro atoms. The standard InChI is InChI=1S/C55H77N5O9/c1-6-51(66)32-36-33-54(50(65)69-5,45-38(23-28-59(34-36)35-51)37-20-16-17-21-41(37)57-45)40-30-39-42(31-43(40)68-4)58(3)47-53(39)25-29-60-27-19-24-52(7-2,46(53)60)48(63)55(47,67)49(64)56-26-18-14-12-10-8-9-11-13-15-22-44(61)62/h16-17,19-21,24,30-31,36,46-48,57,63,66-67H,6-15,18,22-23,25-29,32-35H2,1-5H3,(H,56,64)(H,61,62)/t36-,46-,47+,48-,51+,52-,53-,54-,55-/m1/s1. The van der Waals surface area contributed by atoms with Gasteiger partial charge in [0.1, 0.15) is 17.3 Å². The highest BCUT2D eigenvalue weighted by atomic mass is 16.5. The highest BCUT2D eigenvalue weighted by Gasteiger charge is 2.78. The van der Waals surface area contributed by atoms with E-state index in [1.807, 2.05) is 44.0 Å². The SMILES string of the molecule is CC[C@]1(O)C[C@H]2CN(CCc3c([nH]c4ccccc34)[C@](C(=O)OC)(c3cc4c(cc3OC)N(C)[C@@H]3[C@](O)(C(=O)NCCCCCCCCCCCC(=O)O)[C@H](O)[C@]5(CC)C=CCN6CC[C@]43[C@H]65)C2)C1. The van der Waals surface area contributed by atoms with E-state index in [-0.39, 0.29) is 18.4 Å². The molecular formula is C55H77N5O9. The first kappa shape index (κ1) is 49.5. The van der Waals surface area contributed by atoms with E-state index in [9.17, 15) is 20.1 Å².